The maximum absolute atomic E-state index is 13.1. The highest BCUT2D eigenvalue weighted by atomic mass is 16.5. The number of aromatic nitrogens is 1. The van der Waals surface area contributed by atoms with Crippen molar-refractivity contribution in [3.05, 3.63) is 58.3 Å². The number of aromatic amines is 1. The van der Waals surface area contributed by atoms with Crippen molar-refractivity contribution in [2.75, 3.05) is 7.11 Å². The normalized spacial score (nSPS) is 14.7. The molecule has 0 unspecified atom stereocenters. The summed E-state index contributed by atoms with van der Waals surface area (Å²) in [5, 5.41) is 20.0. The van der Waals surface area contributed by atoms with E-state index in [1.54, 1.807) is 24.3 Å². The number of nitrogens with one attached hydrogen (secondary N) is 1. The Bertz CT molecular complexity index is 1100. The smallest absolute Gasteiger partial charge is 0.195 e. The molecule has 1 heterocycles. The molecule has 0 bridgehead atoms. The number of phenols is 1. The fourth-order valence-electron chi connectivity index (χ4n) is 3.68. The van der Waals surface area contributed by atoms with Crippen LogP contribution in [0.25, 0.3) is 10.9 Å². The number of H-pyrrole nitrogens is 1. The van der Waals surface area contributed by atoms with Crippen LogP contribution < -0.4 is 4.74 Å². The van der Waals surface area contributed by atoms with Gasteiger partial charge >= 0.3 is 0 Å². The maximum Gasteiger partial charge on any atom is 0.195 e. The molecule has 2 aromatic carbocycles. The molecule has 1 aliphatic rings. The van der Waals surface area contributed by atoms with E-state index in [4.69, 9.17) is 10.00 Å². The van der Waals surface area contributed by atoms with Crippen LogP contribution >= 0.6 is 0 Å². The van der Waals surface area contributed by atoms with Crippen LogP contribution in [0.4, 0.5) is 0 Å². The Morgan fingerprint density at radius 2 is 2.00 bits per heavy atom. The van der Waals surface area contributed by atoms with Crippen LogP contribution in [0.15, 0.2) is 30.3 Å². The third kappa shape index (κ3) is 1.91. The molecule has 2 N–H and O–H groups in total. The van der Waals surface area contributed by atoms with Crippen LogP contribution in [-0.2, 0) is 5.41 Å². The van der Waals surface area contributed by atoms with Gasteiger partial charge in [-0.25, -0.2) is 0 Å². The molecule has 4 rings (SSSR count). The van der Waals surface area contributed by atoms with Crippen molar-refractivity contribution in [2.45, 2.75) is 19.3 Å². The van der Waals surface area contributed by atoms with Crippen LogP contribution in [-0.4, -0.2) is 23.0 Å². The van der Waals surface area contributed by atoms with E-state index >= 15 is 0 Å². The number of ether oxygens (including phenoxy) is 1. The number of hydrogen-bond acceptors (Lipinski definition) is 4. The second kappa shape index (κ2) is 4.87. The summed E-state index contributed by atoms with van der Waals surface area (Å²) in [7, 11) is 1.48. The quantitative estimate of drug-likeness (QED) is 0.712. The van der Waals surface area contributed by atoms with Gasteiger partial charge in [0.2, 0.25) is 0 Å². The summed E-state index contributed by atoms with van der Waals surface area (Å²) in [6.07, 6.45) is 0. The van der Waals surface area contributed by atoms with Gasteiger partial charge in [0, 0.05) is 27.6 Å². The average Bonchev–Trinajstić information content (AvgIpc) is 2.99. The molecule has 5 nitrogen and oxygen atoms in total. The van der Waals surface area contributed by atoms with Gasteiger partial charge in [0.25, 0.3) is 0 Å². The lowest BCUT2D eigenvalue weighted by molar-refractivity contribution is 0.103. The standard InChI is InChI=1S/C20H16N2O3/c1-20(2)13-8-16(25-3)15(23)7-12(13)18(24)17-11-5-4-10(9-21)6-14(11)22-19(17)20/h4-8,22-23H,1-3H3. The molecule has 0 saturated carbocycles. The Hall–Kier alpha value is -3.26. The van der Waals surface area contributed by atoms with Crippen LogP contribution in [0.1, 0.15) is 46.6 Å². The Labute approximate surface area is 144 Å². The lowest BCUT2D eigenvalue weighted by Crippen LogP contribution is -2.30. The fraction of sp³-hybridized carbons (Fsp3) is 0.200. The summed E-state index contributed by atoms with van der Waals surface area (Å²) >= 11 is 0. The number of nitriles is 1. The number of rotatable bonds is 1. The average molecular weight is 332 g/mol. The molecule has 0 fully saturated rings. The summed E-state index contributed by atoms with van der Waals surface area (Å²) in [5.41, 5.74) is 3.49. The number of carbonyl (C=O) groups excluding carboxylic acids is 1. The first kappa shape index (κ1) is 15.3. The first-order chi connectivity index (χ1) is 11.9. The molecule has 0 amide bonds. The zero-order valence-electron chi connectivity index (χ0n) is 14.1. The molecular formula is C20H16N2O3. The number of aromatic hydroxyl groups is 1. The highest BCUT2D eigenvalue weighted by molar-refractivity contribution is 6.20. The van der Waals surface area contributed by atoms with Crippen molar-refractivity contribution in [3.63, 3.8) is 0 Å². The summed E-state index contributed by atoms with van der Waals surface area (Å²) in [4.78, 5) is 16.5. The van der Waals surface area contributed by atoms with Gasteiger partial charge < -0.3 is 14.8 Å². The molecule has 0 saturated heterocycles. The van der Waals surface area contributed by atoms with E-state index in [2.05, 4.69) is 11.1 Å². The van der Waals surface area contributed by atoms with Crippen molar-refractivity contribution >= 4 is 16.7 Å². The Balaban J connectivity index is 2.07. The van der Waals surface area contributed by atoms with E-state index in [0.29, 0.717) is 22.4 Å². The van der Waals surface area contributed by atoms with E-state index in [9.17, 15) is 9.90 Å². The van der Waals surface area contributed by atoms with Gasteiger partial charge in [0.15, 0.2) is 17.3 Å². The molecule has 25 heavy (non-hydrogen) atoms. The second-order valence-electron chi connectivity index (χ2n) is 6.77. The van der Waals surface area contributed by atoms with Gasteiger partial charge in [0.1, 0.15) is 0 Å². The van der Waals surface area contributed by atoms with E-state index in [1.807, 2.05) is 13.8 Å². The van der Waals surface area contributed by atoms with Crippen LogP contribution in [0.5, 0.6) is 11.5 Å². The van der Waals surface area contributed by atoms with Crippen molar-refractivity contribution in [1.82, 2.24) is 4.98 Å². The van der Waals surface area contributed by atoms with Crippen LogP contribution in [0.2, 0.25) is 0 Å². The number of phenolic OH excluding ortho intramolecular Hbond substituents is 1. The number of methoxy groups -OCH3 is 1. The molecule has 0 spiro atoms. The maximum atomic E-state index is 13.1. The van der Waals surface area contributed by atoms with Crippen molar-refractivity contribution in [2.24, 2.45) is 0 Å². The number of fused-ring (bicyclic) bond motifs is 4. The largest absolute Gasteiger partial charge is 0.504 e. The molecule has 1 aromatic heterocycles. The lowest BCUT2D eigenvalue weighted by Gasteiger charge is -2.32. The van der Waals surface area contributed by atoms with Gasteiger partial charge in [-0.15, -0.1) is 0 Å². The SMILES string of the molecule is COc1cc2c(cc1O)C(=O)c1c([nH]c3cc(C#N)ccc13)C2(C)C. The third-order valence-corrected chi connectivity index (χ3v) is 5.02. The fourth-order valence-corrected chi connectivity index (χ4v) is 3.68. The van der Waals surface area contributed by atoms with E-state index in [-0.39, 0.29) is 11.5 Å². The first-order valence-electron chi connectivity index (χ1n) is 7.91. The van der Waals surface area contributed by atoms with Crippen molar-refractivity contribution < 1.29 is 14.6 Å². The van der Waals surface area contributed by atoms with Crippen LogP contribution in [0, 0.1) is 11.3 Å². The predicted octanol–water partition coefficient (Wildman–Crippen LogP) is 3.62. The van der Waals surface area contributed by atoms with Crippen molar-refractivity contribution in [3.8, 4) is 17.6 Å². The van der Waals surface area contributed by atoms with E-state index in [1.165, 1.54) is 13.2 Å². The highest BCUT2D eigenvalue weighted by Crippen LogP contribution is 2.46. The molecule has 5 heteroatoms. The number of hydrogen-bond donors (Lipinski definition) is 2. The molecular weight excluding hydrogens is 316 g/mol. The van der Waals surface area contributed by atoms with Gasteiger partial charge in [-0.2, -0.15) is 5.26 Å². The molecule has 124 valence electrons. The van der Waals surface area contributed by atoms with E-state index in [0.717, 1.165) is 22.2 Å². The number of benzene rings is 2. The minimum atomic E-state index is -0.481. The Morgan fingerprint density at radius 3 is 2.68 bits per heavy atom. The summed E-state index contributed by atoms with van der Waals surface area (Å²) in [5.74, 6) is 0.143. The topological polar surface area (TPSA) is 86.1 Å². The van der Waals surface area contributed by atoms with Gasteiger partial charge in [-0.05, 0) is 29.8 Å². The highest BCUT2D eigenvalue weighted by Gasteiger charge is 2.40. The molecule has 0 radical (unpaired) electrons. The zero-order valence-corrected chi connectivity index (χ0v) is 14.1. The van der Waals surface area contributed by atoms with Gasteiger partial charge in [-0.3, -0.25) is 4.79 Å². The number of ketones is 1. The number of nitrogens with zero attached hydrogens (tertiary/aromatic N) is 1. The Kier molecular flexibility index (Phi) is 2.98. The van der Waals surface area contributed by atoms with Crippen molar-refractivity contribution in [1.29, 1.82) is 5.26 Å². The monoisotopic (exact) mass is 332 g/mol. The molecule has 0 atom stereocenters. The van der Waals surface area contributed by atoms with Gasteiger partial charge in [0.05, 0.1) is 24.3 Å². The minimum Gasteiger partial charge on any atom is -0.504 e. The second-order valence-corrected chi connectivity index (χ2v) is 6.77. The summed E-state index contributed by atoms with van der Waals surface area (Å²) in [6, 6.07) is 10.6. The number of carbonyl (C=O) groups is 1. The summed E-state index contributed by atoms with van der Waals surface area (Å²) < 4.78 is 5.21. The zero-order chi connectivity index (χ0) is 17.9. The van der Waals surface area contributed by atoms with E-state index < -0.39 is 5.41 Å². The van der Waals surface area contributed by atoms with Crippen LogP contribution in [0.3, 0.4) is 0 Å². The molecule has 3 aromatic rings. The third-order valence-electron chi connectivity index (χ3n) is 5.02. The molecule has 0 aliphatic heterocycles. The predicted molar refractivity (Wildman–Crippen MR) is 93.2 cm³/mol. The molecule has 1 aliphatic carbocycles. The van der Waals surface area contributed by atoms with Gasteiger partial charge in [-0.1, -0.05) is 19.9 Å². The Morgan fingerprint density at radius 1 is 1.24 bits per heavy atom. The lowest BCUT2D eigenvalue weighted by atomic mass is 9.71. The first-order valence-corrected chi connectivity index (χ1v) is 7.91. The summed E-state index contributed by atoms with van der Waals surface area (Å²) in [6.45, 7) is 4.04. The minimum absolute atomic E-state index is 0.0551.